The molecule has 3 aromatic rings. The van der Waals surface area contributed by atoms with Crippen molar-refractivity contribution in [2.24, 2.45) is 5.73 Å². The number of nitrogens with two attached hydrogens (primary N) is 1. The van der Waals surface area contributed by atoms with Crippen LogP contribution in [0.5, 0.6) is 0 Å². The van der Waals surface area contributed by atoms with Crippen LogP contribution in [0.2, 0.25) is 0 Å². The lowest BCUT2D eigenvalue weighted by atomic mass is 10.1. The third-order valence-electron chi connectivity index (χ3n) is 3.02. The summed E-state index contributed by atoms with van der Waals surface area (Å²) in [6.45, 7) is 1.77. The highest BCUT2D eigenvalue weighted by Gasteiger charge is 2.18. The van der Waals surface area contributed by atoms with Crippen molar-refractivity contribution in [2.45, 2.75) is 13.0 Å². The van der Waals surface area contributed by atoms with E-state index in [2.05, 4.69) is 9.97 Å². The maximum Gasteiger partial charge on any atom is 0.142 e. The molecule has 1 atom stereocenters. The normalized spacial score (nSPS) is 12.8. The van der Waals surface area contributed by atoms with Crippen LogP contribution in [0.4, 0.5) is 8.78 Å². The molecule has 3 aromatic heterocycles. The van der Waals surface area contributed by atoms with E-state index in [1.165, 1.54) is 24.5 Å². The molecule has 0 aromatic carbocycles. The first-order chi connectivity index (χ1) is 9.56. The van der Waals surface area contributed by atoms with E-state index in [4.69, 9.17) is 5.73 Å². The van der Waals surface area contributed by atoms with Gasteiger partial charge in [0.1, 0.15) is 17.3 Å². The van der Waals surface area contributed by atoms with Crippen molar-refractivity contribution in [3.05, 3.63) is 54.1 Å². The van der Waals surface area contributed by atoms with E-state index in [1.54, 1.807) is 17.4 Å². The number of nitrogens with zero attached hydrogens (tertiary/aromatic N) is 3. The van der Waals surface area contributed by atoms with Gasteiger partial charge in [0.2, 0.25) is 0 Å². The molecule has 2 N–H and O–H groups in total. The topological polar surface area (TPSA) is 56.2 Å². The van der Waals surface area contributed by atoms with Crippen LogP contribution in [0.25, 0.3) is 16.9 Å². The number of fused-ring (bicyclic) bond motifs is 1. The van der Waals surface area contributed by atoms with Crippen molar-refractivity contribution in [2.75, 3.05) is 0 Å². The van der Waals surface area contributed by atoms with E-state index in [-0.39, 0.29) is 6.04 Å². The lowest BCUT2D eigenvalue weighted by Gasteiger charge is -2.07. The van der Waals surface area contributed by atoms with Crippen LogP contribution in [0.15, 0.2) is 36.8 Å². The molecule has 3 heterocycles. The fraction of sp³-hybridized carbons (Fsp3) is 0.143. The molecule has 1 unspecified atom stereocenters. The standard InChI is InChI=1S/C14H12F2N4/c1-8(17)13-14(9-4-11(16)6-18-5-9)20-7-10(15)2-3-12(20)19-13/h2-8H,17H2,1H3. The van der Waals surface area contributed by atoms with Crippen LogP contribution in [-0.4, -0.2) is 14.4 Å². The predicted molar refractivity (Wildman–Crippen MR) is 70.9 cm³/mol. The highest BCUT2D eigenvalue weighted by Crippen LogP contribution is 2.28. The SMILES string of the molecule is CC(N)c1nc2ccc(F)cn2c1-c1cncc(F)c1. The van der Waals surface area contributed by atoms with Gasteiger partial charge in [-0.2, -0.15) is 0 Å². The van der Waals surface area contributed by atoms with Crippen molar-refractivity contribution >= 4 is 5.65 Å². The molecule has 4 nitrogen and oxygen atoms in total. The Labute approximate surface area is 113 Å². The van der Waals surface area contributed by atoms with Gasteiger partial charge in [0, 0.05) is 24.0 Å². The average molecular weight is 274 g/mol. The Morgan fingerprint density at radius 3 is 2.70 bits per heavy atom. The summed E-state index contributed by atoms with van der Waals surface area (Å²) in [6.07, 6.45) is 3.91. The van der Waals surface area contributed by atoms with E-state index >= 15 is 0 Å². The average Bonchev–Trinajstić information content (AvgIpc) is 2.77. The maximum atomic E-state index is 13.5. The van der Waals surface area contributed by atoms with E-state index in [1.807, 2.05) is 0 Å². The Balaban J connectivity index is 2.36. The number of pyridine rings is 2. The molecule has 6 heteroatoms. The molecule has 0 spiro atoms. The molecule has 0 fully saturated rings. The Morgan fingerprint density at radius 2 is 2.00 bits per heavy atom. The molecular weight excluding hydrogens is 262 g/mol. The van der Waals surface area contributed by atoms with Gasteiger partial charge in [-0.3, -0.25) is 9.38 Å². The number of aromatic nitrogens is 3. The minimum Gasteiger partial charge on any atom is -0.323 e. The van der Waals surface area contributed by atoms with E-state index < -0.39 is 11.6 Å². The zero-order valence-electron chi connectivity index (χ0n) is 10.7. The highest BCUT2D eigenvalue weighted by atomic mass is 19.1. The van der Waals surface area contributed by atoms with Crippen LogP contribution in [0.1, 0.15) is 18.7 Å². The van der Waals surface area contributed by atoms with Gasteiger partial charge < -0.3 is 5.73 Å². The molecule has 0 radical (unpaired) electrons. The summed E-state index contributed by atoms with van der Waals surface area (Å²) in [5.74, 6) is -0.874. The first-order valence-corrected chi connectivity index (χ1v) is 6.10. The molecule has 0 saturated carbocycles. The van der Waals surface area contributed by atoms with E-state index in [9.17, 15) is 8.78 Å². The van der Waals surface area contributed by atoms with Gasteiger partial charge in [0.25, 0.3) is 0 Å². The maximum absolute atomic E-state index is 13.5. The fourth-order valence-electron chi connectivity index (χ4n) is 2.18. The molecule has 0 aliphatic heterocycles. The predicted octanol–water partition coefficient (Wildman–Crippen LogP) is 2.69. The summed E-state index contributed by atoms with van der Waals surface area (Å²) >= 11 is 0. The van der Waals surface area contributed by atoms with Gasteiger partial charge in [-0.15, -0.1) is 0 Å². The van der Waals surface area contributed by atoms with Crippen molar-refractivity contribution in [1.29, 1.82) is 0 Å². The third-order valence-corrected chi connectivity index (χ3v) is 3.02. The summed E-state index contributed by atoms with van der Waals surface area (Å²) in [7, 11) is 0. The minimum atomic E-state index is -0.468. The largest absolute Gasteiger partial charge is 0.323 e. The van der Waals surface area contributed by atoms with Crippen LogP contribution in [0.3, 0.4) is 0 Å². The van der Waals surface area contributed by atoms with E-state index in [0.717, 1.165) is 6.20 Å². The summed E-state index contributed by atoms with van der Waals surface area (Å²) < 4.78 is 28.4. The van der Waals surface area contributed by atoms with Crippen LogP contribution in [0, 0.1) is 11.6 Å². The molecule has 20 heavy (non-hydrogen) atoms. The number of rotatable bonds is 2. The monoisotopic (exact) mass is 274 g/mol. The molecule has 102 valence electrons. The molecule has 0 saturated heterocycles. The molecule has 0 bridgehead atoms. The number of hydrogen-bond acceptors (Lipinski definition) is 3. The Hall–Kier alpha value is -2.34. The van der Waals surface area contributed by atoms with Crippen molar-refractivity contribution < 1.29 is 8.78 Å². The van der Waals surface area contributed by atoms with Gasteiger partial charge in [-0.1, -0.05) is 0 Å². The van der Waals surface area contributed by atoms with Crippen molar-refractivity contribution in [3.63, 3.8) is 0 Å². The van der Waals surface area contributed by atoms with Gasteiger partial charge in [0.05, 0.1) is 17.6 Å². The molecule has 3 rings (SSSR count). The Morgan fingerprint density at radius 1 is 1.20 bits per heavy atom. The third kappa shape index (κ3) is 2.04. The van der Waals surface area contributed by atoms with Gasteiger partial charge >= 0.3 is 0 Å². The first-order valence-electron chi connectivity index (χ1n) is 6.10. The first kappa shape index (κ1) is 12.7. The van der Waals surface area contributed by atoms with Crippen LogP contribution in [-0.2, 0) is 0 Å². The summed E-state index contributed by atoms with van der Waals surface area (Å²) in [5, 5.41) is 0. The number of hydrogen-bond donors (Lipinski definition) is 1. The second-order valence-electron chi connectivity index (χ2n) is 4.60. The summed E-state index contributed by atoms with van der Waals surface area (Å²) in [6, 6.07) is 3.84. The summed E-state index contributed by atoms with van der Waals surface area (Å²) in [5.41, 5.74) is 8.10. The molecule has 0 aliphatic carbocycles. The number of imidazole rings is 1. The Kier molecular flexibility index (Phi) is 2.94. The Bertz CT molecular complexity index is 780. The molecule has 0 amide bonds. The van der Waals surface area contributed by atoms with Crippen LogP contribution < -0.4 is 5.73 Å². The van der Waals surface area contributed by atoms with E-state index in [0.29, 0.717) is 22.6 Å². The second-order valence-corrected chi connectivity index (χ2v) is 4.60. The molecular formula is C14H12F2N4. The smallest absolute Gasteiger partial charge is 0.142 e. The quantitative estimate of drug-likeness (QED) is 0.781. The van der Waals surface area contributed by atoms with Crippen molar-refractivity contribution in [1.82, 2.24) is 14.4 Å². The minimum absolute atomic E-state index is 0.365. The van der Waals surface area contributed by atoms with Crippen LogP contribution >= 0.6 is 0 Å². The zero-order valence-corrected chi connectivity index (χ0v) is 10.7. The highest BCUT2D eigenvalue weighted by molar-refractivity contribution is 5.67. The lowest BCUT2D eigenvalue weighted by Crippen LogP contribution is -2.07. The number of halogens is 2. The van der Waals surface area contributed by atoms with Gasteiger partial charge in [-0.05, 0) is 25.1 Å². The lowest BCUT2D eigenvalue weighted by molar-refractivity contribution is 0.619. The fourth-order valence-corrected chi connectivity index (χ4v) is 2.18. The van der Waals surface area contributed by atoms with Gasteiger partial charge in [-0.25, -0.2) is 13.8 Å². The molecule has 0 aliphatic rings. The van der Waals surface area contributed by atoms with Gasteiger partial charge in [0.15, 0.2) is 0 Å². The summed E-state index contributed by atoms with van der Waals surface area (Å²) in [4.78, 5) is 8.20. The zero-order chi connectivity index (χ0) is 14.3. The second kappa shape index (κ2) is 4.64. The van der Waals surface area contributed by atoms with Crippen molar-refractivity contribution in [3.8, 4) is 11.3 Å².